The minimum Gasteiger partial charge on any atom is -0.329 e. The van der Waals surface area contributed by atoms with Crippen molar-refractivity contribution in [2.45, 2.75) is 12.5 Å². The van der Waals surface area contributed by atoms with Crippen molar-refractivity contribution in [3.05, 3.63) is 70.5 Å². The molecule has 0 aromatic heterocycles. The van der Waals surface area contributed by atoms with E-state index in [0.717, 1.165) is 18.5 Å². The van der Waals surface area contributed by atoms with Crippen molar-refractivity contribution in [1.29, 1.82) is 0 Å². The second-order valence-corrected chi connectivity index (χ2v) is 5.55. The Bertz CT molecular complexity index is 574. The van der Waals surface area contributed by atoms with Gasteiger partial charge in [0.05, 0.1) is 5.02 Å². The highest BCUT2D eigenvalue weighted by Gasteiger charge is 2.16. The first-order chi connectivity index (χ1) is 10.1. The third-order valence-electron chi connectivity index (χ3n) is 3.68. The van der Waals surface area contributed by atoms with Gasteiger partial charge in [0.1, 0.15) is 5.82 Å². The predicted octanol–water partition coefficient (Wildman–Crippen LogP) is 3.65. The summed E-state index contributed by atoms with van der Waals surface area (Å²) in [7, 11) is 2.03. The molecule has 1 atom stereocenters. The zero-order valence-electron chi connectivity index (χ0n) is 12.1. The number of likely N-dealkylation sites (N-methyl/N-ethyl adjacent to an activating group) is 1. The lowest BCUT2D eigenvalue weighted by molar-refractivity contribution is 0.253. The van der Waals surface area contributed by atoms with Crippen LogP contribution in [0.15, 0.2) is 48.5 Å². The lowest BCUT2D eigenvalue weighted by Gasteiger charge is -2.27. The van der Waals surface area contributed by atoms with Crippen molar-refractivity contribution < 1.29 is 4.39 Å². The lowest BCUT2D eigenvalue weighted by Crippen LogP contribution is -2.32. The zero-order chi connectivity index (χ0) is 15.2. The molecule has 0 bridgehead atoms. The summed E-state index contributed by atoms with van der Waals surface area (Å²) in [5.41, 5.74) is 8.12. The number of nitrogens with zero attached hydrogens (tertiary/aromatic N) is 1. The smallest absolute Gasteiger partial charge is 0.141 e. The Morgan fingerprint density at radius 3 is 2.52 bits per heavy atom. The molecule has 0 aliphatic heterocycles. The molecule has 1 unspecified atom stereocenters. The molecule has 21 heavy (non-hydrogen) atoms. The van der Waals surface area contributed by atoms with E-state index in [2.05, 4.69) is 17.0 Å². The van der Waals surface area contributed by atoms with Gasteiger partial charge in [0.15, 0.2) is 0 Å². The van der Waals surface area contributed by atoms with E-state index in [1.807, 2.05) is 25.2 Å². The minimum atomic E-state index is -0.400. The Hall–Kier alpha value is -1.42. The van der Waals surface area contributed by atoms with Crippen LogP contribution in [0.1, 0.15) is 17.2 Å². The van der Waals surface area contributed by atoms with Gasteiger partial charge in [-0.25, -0.2) is 4.39 Å². The summed E-state index contributed by atoms with van der Waals surface area (Å²) in [6.07, 6.45) is 0.947. The summed E-state index contributed by atoms with van der Waals surface area (Å²) in [4.78, 5) is 2.18. The number of rotatable bonds is 6. The molecule has 4 heteroatoms. The Kier molecular flexibility index (Phi) is 5.74. The largest absolute Gasteiger partial charge is 0.329 e. The van der Waals surface area contributed by atoms with E-state index in [-0.39, 0.29) is 11.1 Å². The SMILES string of the molecule is CN(CCc1ccccc1)C(CN)c1ccc(F)c(Cl)c1. The van der Waals surface area contributed by atoms with Gasteiger partial charge in [0.25, 0.3) is 0 Å². The van der Waals surface area contributed by atoms with Crippen LogP contribution in [0.25, 0.3) is 0 Å². The van der Waals surface area contributed by atoms with Crippen molar-refractivity contribution in [2.24, 2.45) is 5.73 Å². The average molecular weight is 307 g/mol. The second kappa shape index (κ2) is 7.55. The highest BCUT2D eigenvalue weighted by Crippen LogP contribution is 2.24. The van der Waals surface area contributed by atoms with Crippen molar-refractivity contribution in [1.82, 2.24) is 4.90 Å². The van der Waals surface area contributed by atoms with Gasteiger partial charge in [-0.2, -0.15) is 0 Å². The van der Waals surface area contributed by atoms with E-state index >= 15 is 0 Å². The van der Waals surface area contributed by atoms with Gasteiger partial charge in [-0.1, -0.05) is 48.0 Å². The second-order valence-electron chi connectivity index (χ2n) is 5.14. The van der Waals surface area contributed by atoms with Crippen LogP contribution < -0.4 is 5.73 Å². The molecular weight excluding hydrogens is 287 g/mol. The number of halogens is 2. The predicted molar refractivity (Wildman–Crippen MR) is 86.0 cm³/mol. The molecule has 0 heterocycles. The van der Waals surface area contributed by atoms with E-state index in [1.165, 1.54) is 11.6 Å². The van der Waals surface area contributed by atoms with Crippen LogP contribution in [0.5, 0.6) is 0 Å². The van der Waals surface area contributed by atoms with Crippen molar-refractivity contribution >= 4 is 11.6 Å². The molecule has 0 saturated heterocycles. The first-order valence-electron chi connectivity index (χ1n) is 7.01. The third-order valence-corrected chi connectivity index (χ3v) is 3.97. The molecule has 2 aromatic carbocycles. The maximum absolute atomic E-state index is 13.3. The van der Waals surface area contributed by atoms with E-state index in [1.54, 1.807) is 12.1 Å². The quantitative estimate of drug-likeness (QED) is 0.882. The first-order valence-corrected chi connectivity index (χ1v) is 7.39. The van der Waals surface area contributed by atoms with E-state index in [4.69, 9.17) is 17.3 Å². The van der Waals surface area contributed by atoms with Gasteiger partial charge < -0.3 is 5.73 Å². The normalized spacial score (nSPS) is 12.6. The van der Waals surface area contributed by atoms with Crippen LogP contribution in [0.2, 0.25) is 5.02 Å². The van der Waals surface area contributed by atoms with Gasteiger partial charge in [-0.3, -0.25) is 4.90 Å². The Balaban J connectivity index is 2.04. The zero-order valence-corrected chi connectivity index (χ0v) is 12.9. The summed E-state index contributed by atoms with van der Waals surface area (Å²) in [5.74, 6) is -0.400. The molecular formula is C17H20ClFN2. The number of hydrogen-bond donors (Lipinski definition) is 1. The Morgan fingerprint density at radius 1 is 1.19 bits per heavy atom. The van der Waals surface area contributed by atoms with Crippen LogP contribution in [-0.2, 0) is 6.42 Å². The molecule has 0 saturated carbocycles. The molecule has 0 radical (unpaired) electrons. The van der Waals surface area contributed by atoms with E-state index < -0.39 is 5.82 Å². The van der Waals surface area contributed by atoms with Gasteiger partial charge in [0, 0.05) is 19.1 Å². The highest BCUT2D eigenvalue weighted by atomic mass is 35.5. The Morgan fingerprint density at radius 2 is 1.90 bits per heavy atom. The fourth-order valence-corrected chi connectivity index (χ4v) is 2.59. The van der Waals surface area contributed by atoms with Crippen LogP contribution in [-0.4, -0.2) is 25.0 Å². The van der Waals surface area contributed by atoms with Crippen molar-refractivity contribution in [3.63, 3.8) is 0 Å². The molecule has 2 aromatic rings. The van der Waals surface area contributed by atoms with Gasteiger partial charge in [0.2, 0.25) is 0 Å². The number of benzene rings is 2. The maximum Gasteiger partial charge on any atom is 0.141 e. The summed E-state index contributed by atoms with van der Waals surface area (Å²) >= 11 is 5.86. The molecule has 0 amide bonds. The lowest BCUT2D eigenvalue weighted by atomic mass is 10.0. The summed E-state index contributed by atoms with van der Waals surface area (Å²) in [5, 5.41) is 0.141. The standard InChI is InChI=1S/C17H20ClFN2/c1-21(10-9-13-5-3-2-4-6-13)17(12-20)14-7-8-16(19)15(18)11-14/h2-8,11,17H,9-10,12,20H2,1H3. The average Bonchev–Trinajstić information content (AvgIpc) is 2.50. The van der Waals surface area contributed by atoms with Crippen molar-refractivity contribution in [3.8, 4) is 0 Å². The van der Waals surface area contributed by atoms with Crippen LogP contribution in [0.3, 0.4) is 0 Å². The van der Waals surface area contributed by atoms with Gasteiger partial charge >= 0.3 is 0 Å². The summed E-state index contributed by atoms with van der Waals surface area (Å²) in [6.45, 7) is 1.34. The molecule has 2 rings (SSSR count). The molecule has 0 aliphatic rings. The molecule has 0 aliphatic carbocycles. The fourth-order valence-electron chi connectivity index (χ4n) is 2.40. The molecule has 2 N–H and O–H groups in total. The molecule has 0 spiro atoms. The fraction of sp³-hybridized carbons (Fsp3) is 0.294. The highest BCUT2D eigenvalue weighted by molar-refractivity contribution is 6.30. The molecule has 0 fully saturated rings. The van der Waals surface area contributed by atoms with E-state index in [0.29, 0.717) is 6.54 Å². The number of hydrogen-bond acceptors (Lipinski definition) is 2. The van der Waals surface area contributed by atoms with Crippen molar-refractivity contribution in [2.75, 3.05) is 20.1 Å². The monoisotopic (exact) mass is 306 g/mol. The Labute approximate surface area is 130 Å². The summed E-state index contributed by atoms with van der Waals surface area (Å²) < 4.78 is 13.3. The van der Waals surface area contributed by atoms with Crippen LogP contribution >= 0.6 is 11.6 Å². The van der Waals surface area contributed by atoms with Gasteiger partial charge in [-0.15, -0.1) is 0 Å². The van der Waals surface area contributed by atoms with Crippen LogP contribution in [0, 0.1) is 5.82 Å². The minimum absolute atomic E-state index is 0.0341. The molecule has 112 valence electrons. The van der Waals surface area contributed by atoms with Gasteiger partial charge in [-0.05, 0) is 36.7 Å². The maximum atomic E-state index is 13.3. The topological polar surface area (TPSA) is 29.3 Å². The first kappa shape index (κ1) is 16.0. The third kappa shape index (κ3) is 4.27. The van der Waals surface area contributed by atoms with Crippen LogP contribution in [0.4, 0.5) is 4.39 Å². The van der Waals surface area contributed by atoms with E-state index in [9.17, 15) is 4.39 Å². The molecule has 2 nitrogen and oxygen atoms in total. The number of nitrogens with two attached hydrogens (primary N) is 1. The summed E-state index contributed by atoms with van der Waals surface area (Å²) in [6, 6.07) is 15.1.